The van der Waals surface area contributed by atoms with E-state index >= 15 is 0 Å². The van der Waals surface area contributed by atoms with Gasteiger partial charge in [-0.15, -0.1) is 0 Å². The number of aromatic nitrogens is 1. The Morgan fingerprint density at radius 2 is 1.54 bits per heavy atom. The number of rotatable bonds is 4. The average molecular weight is 506 g/mol. The van der Waals surface area contributed by atoms with E-state index in [0.717, 1.165) is 26.8 Å². The first-order valence-corrected chi connectivity index (χ1v) is 12.1. The number of hydrogen-bond acceptors (Lipinski definition) is 3. The lowest BCUT2D eigenvalue weighted by Crippen LogP contribution is -2.54. The van der Waals surface area contributed by atoms with Gasteiger partial charge in [0, 0.05) is 34.2 Å². The molecule has 4 amide bonds. The second-order valence-corrected chi connectivity index (χ2v) is 9.28. The van der Waals surface area contributed by atoms with Crippen molar-refractivity contribution in [2.75, 3.05) is 4.90 Å². The highest BCUT2D eigenvalue weighted by Gasteiger charge is 2.37. The van der Waals surface area contributed by atoms with Gasteiger partial charge in [0.1, 0.15) is 5.57 Å². The summed E-state index contributed by atoms with van der Waals surface area (Å²) >= 11 is 5.96. The number of amides is 4. The molecule has 1 N–H and O–H groups in total. The van der Waals surface area contributed by atoms with Gasteiger partial charge in [-0.3, -0.25) is 14.9 Å². The normalized spacial score (nSPS) is 15.1. The molecule has 6 nitrogen and oxygen atoms in total. The molecule has 2 heterocycles. The summed E-state index contributed by atoms with van der Waals surface area (Å²) in [5.74, 6) is -1.42. The van der Waals surface area contributed by atoms with Gasteiger partial charge < -0.3 is 4.57 Å². The number of nitrogens with one attached hydrogen (secondary N) is 1. The van der Waals surface area contributed by atoms with E-state index in [1.165, 1.54) is 5.39 Å². The lowest BCUT2D eigenvalue weighted by molar-refractivity contribution is -0.122. The van der Waals surface area contributed by atoms with Crippen LogP contribution in [0.2, 0.25) is 5.02 Å². The van der Waals surface area contributed by atoms with Crippen LogP contribution in [0.5, 0.6) is 0 Å². The molecule has 0 saturated carbocycles. The number of fused-ring (bicyclic) bond motifs is 2. The number of para-hydroxylation sites is 1. The topological polar surface area (TPSA) is 71.4 Å². The fourth-order valence-corrected chi connectivity index (χ4v) is 4.82. The molecular weight excluding hydrogens is 486 g/mol. The van der Waals surface area contributed by atoms with Gasteiger partial charge in [0.15, 0.2) is 0 Å². The first-order valence-electron chi connectivity index (χ1n) is 11.7. The number of hydrogen-bond donors (Lipinski definition) is 1. The van der Waals surface area contributed by atoms with E-state index in [4.69, 9.17) is 11.6 Å². The summed E-state index contributed by atoms with van der Waals surface area (Å²) in [5.41, 5.74) is 3.01. The molecule has 37 heavy (non-hydrogen) atoms. The van der Waals surface area contributed by atoms with Gasteiger partial charge in [-0.2, -0.15) is 0 Å². The van der Waals surface area contributed by atoms with Crippen molar-refractivity contribution in [1.29, 1.82) is 0 Å². The van der Waals surface area contributed by atoms with Crippen molar-refractivity contribution in [1.82, 2.24) is 9.88 Å². The quantitative estimate of drug-likeness (QED) is 0.235. The summed E-state index contributed by atoms with van der Waals surface area (Å²) in [5, 5.41) is 5.98. The molecule has 0 atom stereocenters. The standard InChI is InChI=1S/C30H20ClN3O3/c31-23-11-13-24(14-12-23)34-29(36)26(28(35)32-30(34)37)16-22-18-33(27-8-4-3-7-25(22)27)17-19-9-10-20-5-1-2-6-21(20)15-19/h1-16,18H,17H2,(H,32,35,37)/b26-16+. The van der Waals surface area contributed by atoms with Crippen LogP contribution in [0.25, 0.3) is 27.8 Å². The van der Waals surface area contributed by atoms with Crippen LogP contribution < -0.4 is 10.2 Å². The molecule has 7 heteroatoms. The molecule has 4 aromatic carbocycles. The molecule has 0 unspecified atom stereocenters. The molecule has 0 aliphatic carbocycles. The van der Waals surface area contributed by atoms with Crippen LogP contribution in [0.4, 0.5) is 10.5 Å². The van der Waals surface area contributed by atoms with E-state index < -0.39 is 17.8 Å². The van der Waals surface area contributed by atoms with Crippen LogP contribution >= 0.6 is 11.6 Å². The van der Waals surface area contributed by atoms with E-state index in [9.17, 15) is 14.4 Å². The number of carbonyl (C=O) groups excluding carboxylic acids is 3. The molecule has 1 aliphatic rings. The van der Waals surface area contributed by atoms with E-state index in [1.807, 2.05) is 42.6 Å². The summed E-state index contributed by atoms with van der Waals surface area (Å²) in [6.07, 6.45) is 3.47. The van der Waals surface area contributed by atoms with Crippen molar-refractivity contribution in [3.63, 3.8) is 0 Å². The van der Waals surface area contributed by atoms with Gasteiger partial charge in [-0.05, 0) is 58.8 Å². The number of urea groups is 1. The number of carbonyl (C=O) groups is 3. The summed E-state index contributed by atoms with van der Waals surface area (Å²) in [4.78, 5) is 39.5. The molecule has 180 valence electrons. The molecule has 5 aromatic rings. The van der Waals surface area contributed by atoms with Crippen LogP contribution in [0, 0.1) is 0 Å². The van der Waals surface area contributed by atoms with Crippen molar-refractivity contribution in [3.8, 4) is 0 Å². The zero-order chi connectivity index (χ0) is 25.5. The number of anilines is 1. The minimum atomic E-state index is -0.798. The molecule has 0 radical (unpaired) electrons. The highest BCUT2D eigenvalue weighted by molar-refractivity contribution is 6.39. The maximum absolute atomic E-state index is 13.3. The third kappa shape index (κ3) is 4.17. The Hall–Kier alpha value is -4.68. The van der Waals surface area contributed by atoms with Crippen LogP contribution in [-0.4, -0.2) is 22.4 Å². The molecule has 1 fully saturated rings. The van der Waals surface area contributed by atoms with E-state index in [0.29, 0.717) is 22.8 Å². The molecule has 1 aliphatic heterocycles. The predicted octanol–water partition coefficient (Wildman–Crippen LogP) is 6.16. The summed E-state index contributed by atoms with van der Waals surface area (Å²) < 4.78 is 2.10. The van der Waals surface area contributed by atoms with Crippen LogP contribution in [0.3, 0.4) is 0 Å². The van der Waals surface area contributed by atoms with Gasteiger partial charge in [0.2, 0.25) is 0 Å². The van der Waals surface area contributed by atoms with E-state index in [1.54, 1.807) is 30.3 Å². The zero-order valence-electron chi connectivity index (χ0n) is 19.5. The van der Waals surface area contributed by atoms with Crippen LogP contribution in [-0.2, 0) is 16.1 Å². The Kier molecular flexibility index (Phi) is 5.58. The predicted molar refractivity (Wildman–Crippen MR) is 145 cm³/mol. The smallest absolute Gasteiger partial charge is 0.335 e. The van der Waals surface area contributed by atoms with E-state index in [-0.39, 0.29) is 5.57 Å². The average Bonchev–Trinajstić information content (AvgIpc) is 3.24. The largest absolute Gasteiger partial charge is 0.342 e. The molecular formula is C30H20ClN3O3. The maximum Gasteiger partial charge on any atom is 0.335 e. The summed E-state index contributed by atoms with van der Waals surface area (Å²) in [6.45, 7) is 0.615. The summed E-state index contributed by atoms with van der Waals surface area (Å²) in [7, 11) is 0. The SMILES string of the molecule is O=C1NC(=O)N(c2ccc(Cl)cc2)C(=O)/C1=C/c1cn(Cc2ccc3ccccc3c2)c2ccccc12. The van der Waals surface area contributed by atoms with Gasteiger partial charge >= 0.3 is 6.03 Å². The second-order valence-electron chi connectivity index (χ2n) is 8.85. The number of benzene rings is 4. The minimum Gasteiger partial charge on any atom is -0.342 e. The third-order valence-electron chi connectivity index (χ3n) is 6.47. The minimum absolute atomic E-state index is 0.122. The Labute approximate surface area is 217 Å². The monoisotopic (exact) mass is 505 g/mol. The Balaban J connectivity index is 1.40. The Morgan fingerprint density at radius 1 is 0.811 bits per heavy atom. The lowest BCUT2D eigenvalue weighted by Gasteiger charge is -2.26. The zero-order valence-corrected chi connectivity index (χ0v) is 20.3. The molecule has 1 aromatic heterocycles. The van der Waals surface area contributed by atoms with E-state index in [2.05, 4.69) is 40.2 Å². The molecule has 0 spiro atoms. The highest BCUT2D eigenvalue weighted by atomic mass is 35.5. The summed E-state index contributed by atoms with van der Waals surface area (Å²) in [6, 6.07) is 27.9. The van der Waals surface area contributed by atoms with Gasteiger partial charge in [-0.1, -0.05) is 66.2 Å². The molecule has 0 bridgehead atoms. The third-order valence-corrected chi connectivity index (χ3v) is 6.72. The van der Waals surface area contributed by atoms with Crippen molar-refractivity contribution < 1.29 is 14.4 Å². The Bertz CT molecular complexity index is 1750. The second kappa shape index (κ2) is 9.08. The van der Waals surface area contributed by atoms with Crippen molar-refractivity contribution >= 4 is 62.9 Å². The number of imide groups is 2. The van der Waals surface area contributed by atoms with Gasteiger partial charge in [0.25, 0.3) is 11.8 Å². The lowest BCUT2D eigenvalue weighted by atomic mass is 10.1. The fraction of sp³-hybridized carbons (Fsp3) is 0.0333. The van der Waals surface area contributed by atoms with Crippen molar-refractivity contribution in [3.05, 3.63) is 119 Å². The van der Waals surface area contributed by atoms with Crippen LogP contribution in [0.15, 0.2) is 103 Å². The molecule has 6 rings (SSSR count). The number of nitrogens with zero attached hydrogens (tertiary/aromatic N) is 2. The van der Waals surface area contributed by atoms with Gasteiger partial charge in [-0.25, -0.2) is 9.69 Å². The molecule has 1 saturated heterocycles. The Morgan fingerprint density at radius 3 is 2.35 bits per heavy atom. The van der Waals surface area contributed by atoms with Crippen LogP contribution in [0.1, 0.15) is 11.1 Å². The maximum atomic E-state index is 13.3. The number of halogens is 1. The first-order chi connectivity index (χ1) is 18.0. The van der Waals surface area contributed by atoms with Gasteiger partial charge in [0.05, 0.1) is 5.69 Å². The fourth-order valence-electron chi connectivity index (χ4n) is 4.69. The van der Waals surface area contributed by atoms with Crippen molar-refractivity contribution in [2.45, 2.75) is 6.54 Å². The van der Waals surface area contributed by atoms with Crippen molar-refractivity contribution in [2.24, 2.45) is 0 Å². The first kappa shape index (κ1) is 22.8. The highest BCUT2D eigenvalue weighted by Crippen LogP contribution is 2.28. The number of barbiturate groups is 1.